The van der Waals surface area contributed by atoms with Crippen molar-refractivity contribution < 1.29 is 9.53 Å². The summed E-state index contributed by atoms with van der Waals surface area (Å²) in [6.45, 7) is 2.94. The number of amides is 1. The quantitative estimate of drug-likeness (QED) is 0.757. The Morgan fingerprint density at radius 1 is 1.12 bits per heavy atom. The van der Waals surface area contributed by atoms with Gasteiger partial charge in [0.2, 0.25) is 5.56 Å². The Hall–Kier alpha value is -2.92. The molecule has 0 aliphatic carbocycles. The largest absolute Gasteiger partial charge is 0.377 e. The molecule has 0 aliphatic rings. The highest BCUT2D eigenvalue weighted by Gasteiger charge is 2.13. The van der Waals surface area contributed by atoms with E-state index in [2.05, 4.69) is 10.3 Å². The Kier molecular flexibility index (Phi) is 4.72. The first-order valence-electron chi connectivity index (χ1n) is 7.78. The number of carbonyl (C=O) groups excluding carboxylic acids is 1. The molecule has 122 valence electrons. The fourth-order valence-corrected chi connectivity index (χ4v) is 2.56. The second-order valence-corrected chi connectivity index (χ2v) is 5.34. The third kappa shape index (κ3) is 3.36. The van der Waals surface area contributed by atoms with Crippen molar-refractivity contribution in [2.24, 2.45) is 0 Å². The summed E-state index contributed by atoms with van der Waals surface area (Å²) < 4.78 is 5.43. The first-order valence-corrected chi connectivity index (χ1v) is 7.78. The molecule has 0 aliphatic heterocycles. The summed E-state index contributed by atoms with van der Waals surface area (Å²) in [4.78, 5) is 27.2. The standard InChI is InChI=1S/C19H18N2O3/c1-2-24-12-13-7-3-5-9-16(13)21-19(23)15-11-18(22)20-17-10-6-4-8-14(15)17/h3-11H,2,12H2,1H3,(H,20,22)(H,21,23). The van der Waals surface area contributed by atoms with Gasteiger partial charge in [0.15, 0.2) is 0 Å². The molecule has 3 aromatic rings. The van der Waals surface area contributed by atoms with Crippen LogP contribution in [-0.2, 0) is 11.3 Å². The minimum Gasteiger partial charge on any atom is -0.377 e. The number of hydrogen-bond acceptors (Lipinski definition) is 3. The molecule has 3 rings (SSSR count). The van der Waals surface area contributed by atoms with Gasteiger partial charge in [-0.05, 0) is 19.1 Å². The summed E-state index contributed by atoms with van der Waals surface area (Å²) in [6.07, 6.45) is 0. The van der Waals surface area contributed by atoms with Crippen LogP contribution in [0.4, 0.5) is 5.69 Å². The van der Waals surface area contributed by atoms with Crippen molar-refractivity contribution in [3.05, 3.63) is 76.1 Å². The lowest BCUT2D eigenvalue weighted by Gasteiger charge is -2.12. The predicted octanol–water partition coefficient (Wildman–Crippen LogP) is 3.32. The van der Waals surface area contributed by atoms with E-state index in [9.17, 15) is 9.59 Å². The van der Waals surface area contributed by atoms with Crippen molar-refractivity contribution in [1.82, 2.24) is 4.98 Å². The summed E-state index contributed by atoms with van der Waals surface area (Å²) in [5.41, 5.74) is 2.25. The topological polar surface area (TPSA) is 71.2 Å². The van der Waals surface area contributed by atoms with E-state index in [1.807, 2.05) is 49.4 Å². The van der Waals surface area contributed by atoms with Gasteiger partial charge in [-0.3, -0.25) is 9.59 Å². The number of anilines is 1. The molecule has 2 aromatic carbocycles. The van der Waals surface area contributed by atoms with Gasteiger partial charge in [-0.15, -0.1) is 0 Å². The van der Waals surface area contributed by atoms with Gasteiger partial charge in [-0.25, -0.2) is 0 Å². The molecule has 0 saturated heterocycles. The number of aromatic amines is 1. The predicted molar refractivity (Wildman–Crippen MR) is 94.3 cm³/mol. The van der Waals surface area contributed by atoms with Gasteiger partial charge in [0.25, 0.3) is 5.91 Å². The number of carbonyl (C=O) groups is 1. The Balaban J connectivity index is 1.95. The highest BCUT2D eigenvalue weighted by atomic mass is 16.5. The zero-order chi connectivity index (χ0) is 16.9. The summed E-state index contributed by atoms with van der Waals surface area (Å²) in [5, 5.41) is 3.59. The fourth-order valence-electron chi connectivity index (χ4n) is 2.56. The van der Waals surface area contributed by atoms with E-state index in [1.54, 1.807) is 6.07 Å². The number of rotatable bonds is 5. The highest BCUT2D eigenvalue weighted by Crippen LogP contribution is 2.20. The van der Waals surface area contributed by atoms with Gasteiger partial charge in [-0.1, -0.05) is 36.4 Å². The second-order valence-electron chi connectivity index (χ2n) is 5.34. The number of fused-ring (bicyclic) bond motifs is 1. The number of benzene rings is 2. The molecule has 0 radical (unpaired) electrons. The van der Waals surface area contributed by atoms with Gasteiger partial charge in [0, 0.05) is 34.8 Å². The lowest BCUT2D eigenvalue weighted by atomic mass is 10.1. The molecule has 24 heavy (non-hydrogen) atoms. The van der Waals surface area contributed by atoms with Crippen LogP contribution in [-0.4, -0.2) is 17.5 Å². The molecule has 0 atom stereocenters. The van der Waals surface area contributed by atoms with Gasteiger partial charge >= 0.3 is 0 Å². The zero-order valence-electron chi connectivity index (χ0n) is 13.3. The molecule has 5 heteroatoms. The van der Waals surface area contributed by atoms with E-state index in [0.717, 1.165) is 5.56 Å². The van der Waals surface area contributed by atoms with Crippen LogP contribution in [0.15, 0.2) is 59.4 Å². The molecular formula is C19H18N2O3. The average molecular weight is 322 g/mol. The molecule has 0 spiro atoms. The first kappa shape index (κ1) is 16.0. The number of H-pyrrole nitrogens is 1. The van der Waals surface area contributed by atoms with Crippen LogP contribution in [0.1, 0.15) is 22.8 Å². The maximum atomic E-state index is 12.7. The van der Waals surface area contributed by atoms with Crippen molar-refractivity contribution in [1.29, 1.82) is 0 Å². The van der Waals surface area contributed by atoms with Crippen LogP contribution in [0.3, 0.4) is 0 Å². The van der Waals surface area contributed by atoms with Crippen LogP contribution in [0.2, 0.25) is 0 Å². The third-order valence-electron chi connectivity index (χ3n) is 3.72. The molecule has 1 aromatic heterocycles. The van der Waals surface area contributed by atoms with Crippen molar-refractivity contribution in [2.45, 2.75) is 13.5 Å². The Morgan fingerprint density at radius 3 is 2.71 bits per heavy atom. The van der Waals surface area contributed by atoms with E-state index in [4.69, 9.17) is 4.74 Å². The molecule has 1 heterocycles. The fraction of sp³-hybridized carbons (Fsp3) is 0.158. The molecule has 0 unspecified atom stereocenters. The van der Waals surface area contributed by atoms with Crippen molar-refractivity contribution >= 4 is 22.5 Å². The van der Waals surface area contributed by atoms with Crippen molar-refractivity contribution in [3.63, 3.8) is 0 Å². The molecule has 0 saturated carbocycles. The second kappa shape index (κ2) is 7.10. The van der Waals surface area contributed by atoms with Gasteiger partial charge < -0.3 is 15.0 Å². The molecule has 0 bridgehead atoms. The molecule has 0 fully saturated rings. The normalized spacial score (nSPS) is 10.7. The first-order chi connectivity index (χ1) is 11.7. The summed E-state index contributed by atoms with van der Waals surface area (Å²) in [5.74, 6) is -0.318. The number of para-hydroxylation sites is 2. The van der Waals surface area contributed by atoms with Crippen LogP contribution in [0, 0.1) is 0 Å². The van der Waals surface area contributed by atoms with E-state index in [1.165, 1.54) is 6.07 Å². The molecule has 1 amide bonds. The summed E-state index contributed by atoms with van der Waals surface area (Å²) >= 11 is 0. The SMILES string of the molecule is CCOCc1ccccc1NC(=O)c1cc(=O)[nH]c2ccccc12. The van der Waals surface area contributed by atoms with E-state index in [0.29, 0.717) is 35.4 Å². The lowest BCUT2D eigenvalue weighted by molar-refractivity contribution is 0.102. The van der Waals surface area contributed by atoms with Gasteiger partial charge in [0.05, 0.1) is 12.2 Å². The van der Waals surface area contributed by atoms with E-state index < -0.39 is 0 Å². The lowest BCUT2D eigenvalue weighted by Crippen LogP contribution is -2.17. The Bertz CT molecular complexity index is 931. The highest BCUT2D eigenvalue weighted by molar-refractivity contribution is 6.12. The number of nitrogens with one attached hydrogen (secondary N) is 2. The summed E-state index contributed by atoms with van der Waals surface area (Å²) in [7, 11) is 0. The maximum Gasteiger partial charge on any atom is 0.256 e. The van der Waals surface area contributed by atoms with Crippen LogP contribution < -0.4 is 10.9 Å². The molecular weight excluding hydrogens is 304 g/mol. The van der Waals surface area contributed by atoms with Crippen LogP contribution in [0.25, 0.3) is 10.9 Å². The number of aromatic nitrogens is 1. The van der Waals surface area contributed by atoms with Crippen LogP contribution >= 0.6 is 0 Å². The van der Waals surface area contributed by atoms with Crippen LogP contribution in [0.5, 0.6) is 0 Å². The maximum absolute atomic E-state index is 12.7. The minimum absolute atomic E-state index is 0.304. The third-order valence-corrected chi connectivity index (χ3v) is 3.72. The minimum atomic E-state index is -0.318. The smallest absolute Gasteiger partial charge is 0.256 e. The Labute approximate surface area is 139 Å². The zero-order valence-corrected chi connectivity index (χ0v) is 13.3. The number of ether oxygens (including phenoxy) is 1. The average Bonchev–Trinajstić information content (AvgIpc) is 2.60. The Morgan fingerprint density at radius 2 is 1.88 bits per heavy atom. The molecule has 5 nitrogen and oxygen atoms in total. The molecule has 2 N–H and O–H groups in total. The van der Waals surface area contributed by atoms with E-state index in [-0.39, 0.29) is 11.5 Å². The van der Waals surface area contributed by atoms with Crippen molar-refractivity contribution in [3.8, 4) is 0 Å². The number of pyridine rings is 1. The monoisotopic (exact) mass is 322 g/mol. The van der Waals surface area contributed by atoms with Gasteiger partial charge in [-0.2, -0.15) is 0 Å². The van der Waals surface area contributed by atoms with Gasteiger partial charge in [0.1, 0.15) is 0 Å². The number of hydrogen-bond donors (Lipinski definition) is 2. The van der Waals surface area contributed by atoms with Crippen molar-refractivity contribution in [2.75, 3.05) is 11.9 Å². The summed E-state index contributed by atoms with van der Waals surface area (Å²) in [6, 6.07) is 16.0. The van der Waals surface area contributed by atoms with E-state index >= 15 is 0 Å².